The smallest absolute Gasteiger partial charge is 0.303 e. The van der Waals surface area contributed by atoms with Crippen LogP contribution in [0.25, 0.3) is 6.08 Å². The molecule has 4 heteroatoms. The molecule has 0 radical (unpaired) electrons. The molecule has 0 atom stereocenters. The van der Waals surface area contributed by atoms with Gasteiger partial charge in [-0.15, -0.1) is 0 Å². The third-order valence-corrected chi connectivity index (χ3v) is 3.29. The van der Waals surface area contributed by atoms with E-state index in [1.165, 1.54) is 0 Å². The number of aliphatic carboxylic acids is 1. The maximum Gasteiger partial charge on any atom is 0.303 e. The molecule has 0 saturated heterocycles. The molecule has 20 heavy (non-hydrogen) atoms. The van der Waals surface area contributed by atoms with E-state index < -0.39 is 5.97 Å². The van der Waals surface area contributed by atoms with Crippen LogP contribution in [0.3, 0.4) is 0 Å². The van der Waals surface area contributed by atoms with Crippen LogP contribution in [0.4, 0.5) is 4.39 Å². The van der Waals surface area contributed by atoms with Crippen molar-refractivity contribution in [3.05, 3.63) is 28.8 Å². The predicted octanol–water partition coefficient (Wildman–Crippen LogP) is 4.20. The highest BCUT2D eigenvalue weighted by Gasteiger charge is 2.19. The van der Waals surface area contributed by atoms with Gasteiger partial charge in [0.05, 0.1) is 0 Å². The van der Waals surface area contributed by atoms with Gasteiger partial charge in [0.15, 0.2) is 0 Å². The van der Waals surface area contributed by atoms with Crippen molar-refractivity contribution in [1.29, 1.82) is 0 Å². The summed E-state index contributed by atoms with van der Waals surface area (Å²) in [6, 6.07) is 0. The number of hydrogen-bond donors (Lipinski definition) is 1. The monoisotopic (exact) mass is 281 g/mol. The Hall–Kier alpha value is -1.58. The lowest BCUT2D eigenvalue weighted by Gasteiger charge is -2.12. The minimum Gasteiger partial charge on any atom is -0.481 e. The number of nitrogens with zero attached hydrogens (tertiary/aromatic N) is 1. The average Bonchev–Trinajstić information content (AvgIpc) is 2.77. The highest BCUT2D eigenvalue weighted by atomic mass is 19.1. The quantitative estimate of drug-likeness (QED) is 0.879. The molecule has 3 nitrogen and oxygen atoms in total. The molecule has 0 bridgehead atoms. The van der Waals surface area contributed by atoms with E-state index in [9.17, 15) is 9.18 Å². The fourth-order valence-electron chi connectivity index (χ4n) is 2.48. The van der Waals surface area contributed by atoms with Crippen LogP contribution < -0.4 is 0 Å². The number of carboxylic acids is 1. The maximum atomic E-state index is 13.4. The van der Waals surface area contributed by atoms with E-state index in [-0.39, 0.29) is 12.2 Å². The van der Waals surface area contributed by atoms with Gasteiger partial charge in [0.25, 0.3) is 0 Å². The van der Waals surface area contributed by atoms with Crippen molar-refractivity contribution in [2.45, 2.75) is 59.4 Å². The van der Waals surface area contributed by atoms with Gasteiger partial charge in [0, 0.05) is 36.8 Å². The Morgan fingerprint density at radius 1 is 1.40 bits per heavy atom. The number of hydrogen-bond acceptors (Lipinski definition) is 1. The van der Waals surface area contributed by atoms with Crippen molar-refractivity contribution in [3.8, 4) is 0 Å². The number of aryl methyl sites for hydroxylation is 2. The van der Waals surface area contributed by atoms with E-state index in [0.717, 1.165) is 29.8 Å². The van der Waals surface area contributed by atoms with Crippen LogP contribution in [0, 0.1) is 0 Å². The van der Waals surface area contributed by atoms with Crippen LogP contribution in [0.5, 0.6) is 0 Å². The molecule has 112 valence electrons. The fraction of sp³-hybridized carbons (Fsp3) is 0.562. The summed E-state index contributed by atoms with van der Waals surface area (Å²) >= 11 is 0. The highest BCUT2D eigenvalue weighted by molar-refractivity contribution is 5.68. The summed E-state index contributed by atoms with van der Waals surface area (Å²) in [7, 11) is 0. The Kier molecular flexibility index (Phi) is 6.49. The number of carboxylic acid groups (broad SMARTS) is 1. The molecule has 1 heterocycles. The first-order valence-corrected chi connectivity index (χ1v) is 7.40. The van der Waals surface area contributed by atoms with E-state index >= 15 is 0 Å². The van der Waals surface area contributed by atoms with E-state index in [1.54, 1.807) is 6.08 Å². The highest BCUT2D eigenvalue weighted by Crippen LogP contribution is 2.30. The molecular formula is C16H24FNO2. The molecule has 0 saturated carbocycles. The lowest BCUT2D eigenvalue weighted by molar-refractivity contribution is -0.136. The van der Waals surface area contributed by atoms with Crippen molar-refractivity contribution >= 4 is 12.0 Å². The number of carbonyl (C=O) groups is 1. The number of allylic oxidation sites excluding steroid dienone is 1. The van der Waals surface area contributed by atoms with Crippen LogP contribution in [-0.2, 0) is 24.2 Å². The van der Waals surface area contributed by atoms with Gasteiger partial charge in [-0.2, -0.15) is 0 Å². The van der Waals surface area contributed by atoms with Gasteiger partial charge in [0.2, 0.25) is 0 Å². The molecule has 0 unspecified atom stereocenters. The Bertz CT molecular complexity index is 489. The van der Waals surface area contributed by atoms with Crippen LogP contribution in [0.1, 0.15) is 56.9 Å². The SMILES string of the molecule is CC.CCCn1cc(CCC(=O)O)c2c1CCC(F)=C2. The molecule has 0 spiro atoms. The third-order valence-electron chi connectivity index (χ3n) is 3.29. The first-order chi connectivity index (χ1) is 9.61. The molecule has 1 N–H and O–H groups in total. The van der Waals surface area contributed by atoms with Gasteiger partial charge >= 0.3 is 5.97 Å². The Morgan fingerprint density at radius 3 is 2.70 bits per heavy atom. The second-order valence-corrected chi connectivity index (χ2v) is 4.69. The van der Waals surface area contributed by atoms with Crippen molar-refractivity contribution < 1.29 is 14.3 Å². The molecular weight excluding hydrogens is 257 g/mol. The van der Waals surface area contributed by atoms with E-state index in [0.29, 0.717) is 19.3 Å². The van der Waals surface area contributed by atoms with E-state index in [1.807, 2.05) is 20.0 Å². The minimum absolute atomic E-state index is 0.0953. The molecule has 1 aliphatic carbocycles. The van der Waals surface area contributed by atoms with Gasteiger partial charge in [-0.1, -0.05) is 20.8 Å². The zero-order valence-corrected chi connectivity index (χ0v) is 12.6. The molecule has 0 aliphatic heterocycles. The number of aromatic nitrogens is 1. The standard InChI is InChI=1S/C14H18FNO2.C2H6/c1-2-7-16-9-10(3-6-14(17)18)12-8-11(15)4-5-13(12)16;1-2/h8-9H,2-7H2,1H3,(H,17,18);1-2H3. The predicted molar refractivity (Wildman–Crippen MR) is 79.4 cm³/mol. The number of fused-ring (bicyclic) bond motifs is 1. The first kappa shape index (κ1) is 16.5. The van der Waals surface area contributed by atoms with E-state index in [2.05, 4.69) is 11.5 Å². The van der Waals surface area contributed by atoms with Crippen molar-refractivity contribution in [1.82, 2.24) is 4.57 Å². The lowest BCUT2D eigenvalue weighted by Crippen LogP contribution is -2.05. The molecule has 1 aliphatic rings. The lowest BCUT2D eigenvalue weighted by atomic mass is 9.98. The average molecular weight is 281 g/mol. The summed E-state index contributed by atoms with van der Waals surface area (Å²) in [4.78, 5) is 10.6. The Labute approximate surface area is 120 Å². The van der Waals surface area contributed by atoms with Crippen molar-refractivity contribution in [2.24, 2.45) is 0 Å². The van der Waals surface area contributed by atoms with Crippen LogP contribution in [0.2, 0.25) is 0 Å². The van der Waals surface area contributed by atoms with Crippen LogP contribution >= 0.6 is 0 Å². The molecule has 0 fully saturated rings. The van der Waals surface area contributed by atoms with Gasteiger partial charge < -0.3 is 9.67 Å². The van der Waals surface area contributed by atoms with Crippen molar-refractivity contribution in [2.75, 3.05) is 0 Å². The van der Waals surface area contributed by atoms with Gasteiger partial charge in [0.1, 0.15) is 5.83 Å². The van der Waals surface area contributed by atoms with Crippen molar-refractivity contribution in [3.63, 3.8) is 0 Å². The second kappa shape index (κ2) is 7.88. The summed E-state index contributed by atoms with van der Waals surface area (Å²) in [5.74, 6) is -0.916. The fourth-order valence-corrected chi connectivity index (χ4v) is 2.48. The van der Waals surface area contributed by atoms with Crippen LogP contribution in [-0.4, -0.2) is 15.6 Å². The molecule has 1 aromatic rings. The largest absolute Gasteiger partial charge is 0.481 e. The number of halogens is 1. The normalized spacial score (nSPS) is 13.1. The zero-order valence-electron chi connectivity index (χ0n) is 12.6. The summed E-state index contributed by atoms with van der Waals surface area (Å²) < 4.78 is 15.5. The molecule has 2 rings (SSSR count). The Balaban J connectivity index is 0.000000956. The topological polar surface area (TPSA) is 42.2 Å². The summed E-state index contributed by atoms with van der Waals surface area (Å²) in [5.41, 5.74) is 3.02. The molecule has 0 amide bonds. The van der Waals surface area contributed by atoms with Gasteiger partial charge in [-0.3, -0.25) is 4.79 Å². The third kappa shape index (κ3) is 3.95. The summed E-state index contributed by atoms with van der Waals surface area (Å²) in [6.45, 7) is 7.01. The zero-order chi connectivity index (χ0) is 15.1. The number of rotatable bonds is 5. The summed E-state index contributed by atoms with van der Waals surface area (Å²) in [5, 5.41) is 8.74. The first-order valence-electron chi connectivity index (χ1n) is 7.40. The summed E-state index contributed by atoms with van der Waals surface area (Å²) in [6.07, 6.45) is 6.32. The second-order valence-electron chi connectivity index (χ2n) is 4.69. The molecule has 0 aromatic carbocycles. The maximum absolute atomic E-state index is 13.4. The minimum atomic E-state index is -0.813. The van der Waals surface area contributed by atoms with Gasteiger partial charge in [-0.05, 0) is 30.9 Å². The van der Waals surface area contributed by atoms with E-state index in [4.69, 9.17) is 5.11 Å². The van der Waals surface area contributed by atoms with Gasteiger partial charge in [-0.25, -0.2) is 4.39 Å². The van der Waals surface area contributed by atoms with Crippen LogP contribution in [0.15, 0.2) is 12.0 Å². The molecule has 1 aromatic heterocycles. The Morgan fingerprint density at radius 2 is 2.10 bits per heavy atom.